The second-order valence-corrected chi connectivity index (χ2v) is 3.67. The molecule has 6 heteroatoms. The molecule has 1 aromatic rings. The van der Waals surface area contributed by atoms with Crippen molar-refractivity contribution in [3.05, 3.63) is 9.90 Å². The van der Waals surface area contributed by atoms with Crippen molar-refractivity contribution in [2.45, 2.75) is 6.92 Å². The molecule has 1 rings (SSSR count). The second kappa shape index (κ2) is 4.52. The van der Waals surface area contributed by atoms with Crippen LogP contribution in [-0.4, -0.2) is 24.8 Å². The predicted molar refractivity (Wildman–Crippen MR) is 54.0 cm³/mol. The molecule has 0 saturated heterocycles. The lowest BCUT2D eigenvalue weighted by atomic mass is 10.4. The maximum atomic E-state index is 10.8. The van der Waals surface area contributed by atoms with E-state index in [1.165, 1.54) is 7.11 Å². The van der Waals surface area contributed by atoms with E-state index in [-0.39, 0.29) is 15.6 Å². The first-order valence-corrected chi connectivity index (χ1v) is 5.03. The standard InChI is InChI=1S/C8H9ClO4S/c1-3-13-5-4(9)8(12-2)14-6(5)7(10)11/h3H2,1-2H3,(H,10,11). The van der Waals surface area contributed by atoms with Gasteiger partial charge in [0.2, 0.25) is 0 Å². The molecule has 0 bridgehead atoms. The van der Waals surface area contributed by atoms with Crippen LogP contribution in [0.1, 0.15) is 16.6 Å². The van der Waals surface area contributed by atoms with Crippen molar-refractivity contribution in [3.63, 3.8) is 0 Å². The molecule has 0 atom stereocenters. The van der Waals surface area contributed by atoms with Crippen LogP contribution in [0.2, 0.25) is 5.02 Å². The van der Waals surface area contributed by atoms with Gasteiger partial charge in [-0.15, -0.1) is 0 Å². The molecule has 0 aromatic carbocycles. The second-order valence-electron chi connectivity index (χ2n) is 2.30. The average molecular weight is 237 g/mol. The number of rotatable bonds is 4. The number of hydrogen-bond donors (Lipinski definition) is 1. The maximum absolute atomic E-state index is 10.8. The highest BCUT2D eigenvalue weighted by atomic mass is 35.5. The quantitative estimate of drug-likeness (QED) is 0.873. The first kappa shape index (κ1) is 11.1. The molecule has 4 nitrogen and oxygen atoms in total. The Kier molecular flexibility index (Phi) is 3.60. The number of aromatic carboxylic acids is 1. The van der Waals surface area contributed by atoms with Gasteiger partial charge in [0.1, 0.15) is 5.02 Å². The number of hydrogen-bond acceptors (Lipinski definition) is 4. The largest absolute Gasteiger partial charge is 0.490 e. The zero-order valence-corrected chi connectivity index (χ0v) is 9.24. The Morgan fingerprint density at radius 1 is 1.64 bits per heavy atom. The smallest absolute Gasteiger partial charge is 0.349 e. The summed E-state index contributed by atoms with van der Waals surface area (Å²) in [5, 5.41) is 9.42. The van der Waals surface area contributed by atoms with E-state index in [1.807, 2.05) is 0 Å². The molecular weight excluding hydrogens is 228 g/mol. The van der Waals surface area contributed by atoms with Gasteiger partial charge >= 0.3 is 5.97 Å². The zero-order chi connectivity index (χ0) is 10.7. The van der Waals surface area contributed by atoms with Gasteiger partial charge in [0.25, 0.3) is 0 Å². The highest BCUT2D eigenvalue weighted by Gasteiger charge is 2.23. The van der Waals surface area contributed by atoms with E-state index in [2.05, 4.69) is 0 Å². The molecule has 0 aliphatic carbocycles. The molecule has 0 saturated carbocycles. The Hall–Kier alpha value is -0.940. The lowest BCUT2D eigenvalue weighted by molar-refractivity contribution is 0.0698. The molecule has 78 valence electrons. The maximum Gasteiger partial charge on any atom is 0.349 e. The number of carbonyl (C=O) groups is 1. The van der Waals surface area contributed by atoms with E-state index in [0.717, 1.165) is 11.3 Å². The summed E-state index contributed by atoms with van der Waals surface area (Å²) >= 11 is 6.81. The van der Waals surface area contributed by atoms with E-state index < -0.39 is 5.97 Å². The number of carboxylic acids is 1. The van der Waals surface area contributed by atoms with Crippen LogP contribution < -0.4 is 9.47 Å². The summed E-state index contributed by atoms with van der Waals surface area (Å²) in [6.07, 6.45) is 0. The van der Waals surface area contributed by atoms with Gasteiger partial charge < -0.3 is 14.6 Å². The summed E-state index contributed by atoms with van der Waals surface area (Å²) in [5.41, 5.74) is 0. The predicted octanol–water partition coefficient (Wildman–Crippen LogP) is 2.51. The van der Waals surface area contributed by atoms with E-state index in [1.54, 1.807) is 6.92 Å². The van der Waals surface area contributed by atoms with Crippen molar-refractivity contribution in [1.82, 2.24) is 0 Å². The summed E-state index contributed by atoms with van der Waals surface area (Å²) in [4.78, 5) is 10.9. The van der Waals surface area contributed by atoms with Crippen LogP contribution in [0.5, 0.6) is 10.8 Å². The van der Waals surface area contributed by atoms with Crippen molar-refractivity contribution in [2.75, 3.05) is 13.7 Å². The minimum absolute atomic E-state index is 0.0636. The van der Waals surface area contributed by atoms with Gasteiger partial charge in [0, 0.05) is 0 Å². The van der Waals surface area contributed by atoms with Gasteiger partial charge in [-0.2, -0.15) is 0 Å². The van der Waals surface area contributed by atoms with Crippen LogP contribution in [-0.2, 0) is 0 Å². The third kappa shape index (κ3) is 1.93. The highest BCUT2D eigenvalue weighted by molar-refractivity contribution is 7.16. The van der Waals surface area contributed by atoms with Crippen molar-refractivity contribution in [1.29, 1.82) is 0 Å². The van der Waals surface area contributed by atoms with Crippen LogP contribution >= 0.6 is 22.9 Å². The van der Waals surface area contributed by atoms with Crippen LogP contribution in [0.3, 0.4) is 0 Å². The Bertz CT molecular complexity index is 347. The van der Waals surface area contributed by atoms with Gasteiger partial charge in [-0.25, -0.2) is 4.79 Å². The van der Waals surface area contributed by atoms with Gasteiger partial charge in [-0.05, 0) is 6.92 Å². The number of thiophene rings is 1. The number of methoxy groups -OCH3 is 1. The van der Waals surface area contributed by atoms with Gasteiger partial charge in [-0.3, -0.25) is 0 Å². The highest BCUT2D eigenvalue weighted by Crippen LogP contribution is 2.44. The minimum Gasteiger partial charge on any atom is -0.490 e. The van der Waals surface area contributed by atoms with Crippen molar-refractivity contribution >= 4 is 28.9 Å². The molecule has 0 fully saturated rings. The molecule has 0 aliphatic rings. The summed E-state index contributed by atoms with van der Waals surface area (Å²) < 4.78 is 10.0. The molecule has 0 amide bonds. The van der Waals surface area contributed by atoms with Crippen molar-refractivity contribution in [2.24, 2.45) is 0 Å². The zero-order valence-electron chi connectivity index (χ0n) is 7.67. The van der Waals surface area contributed by atoms with Gasteiger partial charge in [0.05, 0.1) is 13.7 Å². The van der Waals surface area contributed by atoms with Crippen LogP contribution in [0.15, 0.2) is 0 Å². The molecule has 1 aromatic heterocycles. The van der Waals surface area contributed by atoms with E-state index in [9.17, 15) is 4.79 Å². The molecule has 0 aliphatic heterocycles. The van der Waals surface area contributed by atoms with Crippen molar-refractivity contribution < 1.29 is 19.4 Å². The number of ether oxygens (including phenoxy) is 2. The third-order valence-electron chi connectivity index (χ3n) is 1.45. The molecule has 0 unspecified atom stereocenters. The SMILES string of the molecule is CCOc1c(C(=O)O)sc(OC)c1Cl. The average Bonchev–Trinajstić information content (AvgIpc) is 2.45. The van der Waals surface area contributed by atoms with Crippen LogP contribution in [0, 0.1) is 0 Å². The fourth-order valence-electron chi connectivity index (χ4n) is 0.922. The molecular formula is C8H9ClO4S. The molecule has 0 radical (unpaired) electrons. The summed E-state index contributed by atoms with van der Waals surface area (Å²) in [7, 11) is 1.43. The number of halogens is 1. The van der Waals surface area contributed by atoms with E-state index >= 15 is 0 Å². The third-order valence-corrected chi connectivity index (χ3v) is 3.02. The molecule has 1 heterocycles. The first-order valence-electron chi connectivity index (χ1n) is 3.84. The Morgan fingerprint density at radius 3 is 2.71 bits per heavy atom. The Labute approximate surface area is 90.0 Å². The van der Waals surface area contributed by atoms with Crippen LogP contribution in [0.25, 0.3) is 0 Å². The summed E-state index contributed by atoms with van der Waals surface area (Å²) in [5.74, 6) is -0.882. The Balaban J connectivity index is 3.20. The fourth-order valence-corrected chi connectivity index (χ4v) is 2.11. The first-order chi connectivity index (χ1) is 6.61. The topological polar surface area (TPSA) is 55.8 Å². The van der Waals surface area contributed by atoms with Crippen molar-refractivity contribution in [3.8, 4) is 10.8 Å². The molecule has 0 spiro atoms. The van der Waals surface area contributed by atoms with Gasteiger partial charge in [-0.1, -0.05) is 22.9 Å². The van der Waals surface area contributed by atoms with E-state index in [0.29, 0.717) is 11.7 Å². The monoisotopic (exact) mass is 236 g/mol. The molecule has 1 N–H and O–H groups in total. The molecule has 14 heavy (non-hydrogen) atoms. The van der Waals surface area contributed by atoms with Gasteiger partial charge in [0.15, 0.2) is 15.7 Å². The number of carboxylic acid groups (broad SMARTS) is 1. The minimum atomic E-state index is -1.07. The normalized spacial score (nSPS) is 9.93. The lowest BCUT2D eigenvalue weighted by Gasteiger charge is -2.01. The summed E-state index contributed by atoms with van der Waals surface area (Å²) in [6.45, 7) is 2.12. The summed E-state index contributed by atoms with van der Waals surface area (Å²) in [6, 6.07) is 0. The fraction of sp³-hybridized carbons (Fsp3) is 0.375. The lowest BCUT2D eigenvalue weighted by Crippen LogP contribution is -1.98. The Morgan fingerprint density at radius 2 is 2.29 bits per heavy atom. The van der Waals surface area contributed by atoms with E-state index in [4.69, 9.17) is 26.2 Å². The van der Waals surface area contributed by atoms with Crippen LogP contribution in [0.4, 0.5) is 0 Å².